The second-order valence-corrected chi connectivity index (χ2v) is 5.97. The molecule has 0 fully saturated rings. The number of aryl methyl sites for hydroxylation is 1. The average Bonchev–Trinajstić information content (AvgIpc) is 3.21. The number of aromatic nitrogens is 5. The number of methoxy groups -OCH3 is 1. The van der Waals surface area contributed by atoms with Crippen LogP contribution in [0.4, 0.5) is 0 Å². The maximum atomic E-state index is 12.4. The fraction of sp³-hybridized carbons (Fsp3) is 0.118. The van der Waals surface area contributed by atoms with Gasteiger partial charge < -0.3 is 9.72 Å². The number of H-pyrrole nitrogens is 1. The van der Waals surface area contributed by atoms with Crippen LogP contribution < -0.4 is 10.3 Å². The minimum absolute atomic E-state index is 0.236. The van der Waals surface area contributed by atoms with Crippen LogP contribution in [0.2, 0.25) is 5.02 Å². The summed E-state index contributed by atoms with van der Waals surface area (Å²) in [6.45, 7) is 0. The molecule has 0 radical (unpaired) electrons. The third-order valence-corrected chi connectivity index (χ3v) is 4.26. The number of fused-ring (bicyclic) bond motifs is 1. The number of nitrogens with zero attached hydrogens (tertiary/aromatic N) is 4. The van der Waals surface area contributed by atoms with E-state index in [2.05, 4.69) is 15.2 Å². The lowest BCUT2D eigenvalue weighted by Crippen LogP contribution is -2.14. The number of hydrogen-bond donors (Lipinski definition) is 1. The Kier molecular flexibility index (Phi) is 3.58. The van der Waals surface area contributed by atoms with Gasteiger partial charge in [0.25, 0.3) is 5.56 Å². The molecule has 0 aliphatic heterocycles. The molecule has 7 nitrogen and oxygen atoms in total. The molecule has 25 heavy (non-hydrogen) atoms. The van der Waals surface area contributed by atoms with Crippen LogP contribution >= 0.6 is 11.6 Å². The van der Waals surface area contributed by atoms with Crippen molar-refractivity contribution >= 4 is 17.2 Å². The molecule has 0 saturated heterocycles. The van der Waals surface area contributed by atoms with Crippen molar-refractivity contribution in [2.75, 3.05) is 7.11 Å². The van der Waals surface area contributed by atoms with E-state index >= 15 is 0 Å². The molecule has 0 unspecified atom stereocenters. The fourth-order valence-corrected chi connectivity index (χ4v) is 2.91. The van der Waals surface area contributed by atoms with Crippen molar-refractivity contribution in [3.05, 3.63) is 58.1 Å². The van der Waals surface area contributed by atoms with Crippen LogP contribution in [-0.4, -0.2) is 31.5 Å². The smallest absolute Gasteiger partial charge is 0.274 e. The highest BCUT2D eigenvalue weighted by atomic mass is 35.5. The molecular formula is C17H14ClN5O2. The van der Waals surface area contributed by atoms with Gasteiger partial charge in [-0.3, -0.25) is 9.48 Å². The summed E-state index contributed by atoms with van der Waals surface area (Å²) in [5.74, 6) is 0.540. The molecule has 0 aliphatic rings. The quantitative estimate of drug-likeness (QED) is 0.613. The Morgan fingerprint density at radius 2 is 2.08 bits per heavy atom. The third-order valence-electron chi connectivity index (χ3n) is 3.95. The minimum Gasteiger partial charge on any atom is -0.495 e. The number of benzene rings is 1. The van der Waals surface area contributed by atoms with Gasteiger partial charge in [0.1, 0.15) is 11.4 Å². The summed E-state index contributed by atoms with van der Waals surface area (Å²) in [6, 6.07) is 8.69. The Balaban J connectivity index is 1.93. The molecule has 3 aromatic heterocycles. The predicted octanol–water partition coefficient (Wildman–Crippen LogP) is 2.75. The zero-order valence-corrected chi connectivity index (χ0v) is 14.3. The van der Waals surface area contributed by atoms with Crippen molar-refractivity contribution in [3.63, 3.8) is 0 Å². The van der Waals surface area contributed by atoms with Crippen molar-refractivity contribution in [2.24, 2.45) is 7.05 Å². The van der Waals surface area contributed by atoms with Crippen LogP contribution in [0.25, 0.3) is 28.2 Å². The van der Waals surface area contributed by atoms with E-state index in [9.17, 15) is 4.79 Å². The minimum atomic E-state index is -0.236. The summed E-state index contributed by atoms with van der Waals surface area (Å²) < 4.78 is 8.27. The Bertz CT molecular complexity index is 1140. The van der Waals surface area contributed by atoms with Gasteiger partial charge in [0, 0.05) is 24.9 Å². The van der Waals surface area contributed by atoms with E-state index < -0.39 is 0 Å². The van der Waals surface area contributed by atoms with E-state index in [1.807, 2.05) is 25.4 Å². The molecule has 0 atom stereocenters. The average molecular weight is 356 g/mol. The lowest BCUT2D eigenvalue weighted by atomic mass is 10.1. The number of ether oxygens (including phenoxy) is 1. The zero-order valence-electron chi connectivity index (χ0n) is 13.5. The predicted molar refractivity (Wildman–Crippen MR) is 95.0 cm³/mol. The number of nitrogens with one attached hydrogen (secondary N) is 1. The third kappa shape index (κ3) is 2.58. The van der Waals surface area contributed by atoms with Gasteiger partial charge in [-0.05, 0) is 18.2 Å². The Hall–Kier alpha value is -3.06. The molecule has 8 heteroatoms. The molecule has 0 saturated carbocycles. The summed E-state index contributed by atoms with van der Waals surface area (Å²) in [6.07, 6.45) is 3.46. The summed E-state index contributed by atoms with van der Waals surface area (Å²) in [7, 11) is 3.39. The van der Waals surface area contributed by atoms with Gasteiger partial charge >= 0.3 is 0 Å². The van der Waals surface area contributed by atoms with Crippen molar-refractivity contribution in [1.29, 1.82) is 0 Å². The normalized spacial score (nSPS) is 11.2. The molecule has 3 heterocycles. The monoisotopic (exact) mass is 355 g/mol. The highest BCUT2D eigenvalue weighted by molar-refractivity contribution is 6.32. The van der Waals surface area contributed by atoms with Gasteiger partial charge in [-0.2, -0.15) is 14.7 Å². The zero-order chi connectivity index (χ0) is 17.6. The number of halogens is 1. The summed E-state index contributed by atoms with van der Waals surface area (Å²) in [4.78, 5) is 15.7. The van der Waals surface area contributed by atoms with Gasteiger partial charge in [-0.25, -0.2) is 0 Å². The van der Waals surface area contributed by atoms with Crippen LogP contribution in [0.3, 0.4) is 0 Å². The maximum Gasteiger partial charge on any atom is 0.274 e. The Morgan fingerprint density at radius 3 is 2.80 bits per heavy atom. The lowest BCUT2D eigenvalue weighted by Gasteiger charge is -2.07. The maximum absolute atomic E-state index is 12.4. The largest absolute Gasteiger partial charge is 0.495 e. The molecule has 126 valence electrons. The topological polar surface area (TPSA) is 77.2 Å². The number of hydrogen-bond acceptors (Lipinski definition) is 4. The van der Waals surface area contributed by atoms with E-state index in [4.69, 9.17) is 16.3 Å². The van der Waals surface area contributed by atoms with Crippen molar-refractivity contribution in [2.45, 2.75) is 0 Å². The first kappa shape index (κ1) is 15.5. The highest BCUT2D eigenvalue weighted by Crippen LogP contribution is 2.30. The summed E-state index contributed by atoms with van der Waals surface area (Å²) in [5, 5.41) is 9.05. The van der Waals surface area contributed by atoms with Gasteiger partial charge in [0.15, 0.2) is 0 Å². The van der Waals surface area contributed by atoms with E-state index in [0.29, 0.717) is 22.1 Å². The number of rotatable bonds is 3. The van der Waals surface area contributed by atoms with Gasteiger partial charge in [-0.1, -0.05) is 17.7 Å². The van der Waals surface area contributed by atoms with Crippen LogP contribution in [0.5, 0.6) is 5.75 Å². The Labute approximate surface area is 147 Å². The first-order valence-electron chi connectivity index (χ1n) is 7.52. The van der Waals surface area contributed by atoms with E-state index in [1.54, 1.807) is 30.1 Å². The molecular weight excluding hydrogens is 342 g/mol. The second kappa shape index (κ2) is 5.78. The van der Waals surface area contributed by atoms with Gasteiger partial charge in [0.05, 0.1) is 35.3 Å². The van der Waals surface area contributed by atoms with Crippen LogP contribution in [0, 0.1) is 0 Å². The van der Waals surface area contributed by atoms with Crippen molar-refractivity contribution < 1.29 is 4.74 Å². The number of aromatic amines is 1. The molecule has 4 rings (SSSR count). The van der Waals surface area contributed by atoms with Gasteiger partial charge in [0.2, 0.25) is 0 Å². The standard InChI is InChI=1S/C17H14ClN5O2/c1-22-6-5-13(21-22)11-9-19-23-16(24)8-14(20-17(11)23)10-3-4-12(18)15(7-10)25-2/h3-9,20H,1-2H3. The molecule has 0 spiro atoms. The molecule has 4 aromatic rings. The first-order valence-corrected chi connectivity index (χ1v) is 7.89. The lowest BCUT2D eigenvalue weighted by molar-refractivity contribution is 0.415. The Morgan fingerprint density at radius 1 is 1.24 bits per heavy atom. The van der Waals surface area contributed by atoms with Crippen LogP contribution in [0.15, 0.2) is 47.5 Å². The van der Waals surface area contributed by atoms with Gasteiger partial charge in [-0.15, -0.1) is 0 Å². The highest BCUT2D eigenvalue weighted by Gasteiger charge is 2.14. The van der Waals surface area contributed by atoms with E-state index in [1.165, 1.54) is 10.6 Å². The van der Waals surface area contributed by atoms with Crippen LogP contribution in [-0.2, 0) is 7.05 Å². The summed E-state index contributed by atoms with van der Waals surface area (Å²) >= 11 is 6.08. The molecule has 0 bridgehead atoms. The van der Waals surface area contributed by atoms with Crippen molar-refractivity contribution in [3.8, 4) is 28.3 Å². The second-order valence-electron chi connectivity index (χ2n) is 5.56. The molecule has 0 amide bonds. The fourth-order valence-electron chi connectivity index (χ4n) is 2.71. The molecule has 1 aromatic carbocycles. The van der Waals surface area contributed by atoms with E-state index in [-0.39, 0.29) is 5.56 Å². The van der Waals surface area contributed by atoms with E-state index in [0.717, 1.165) is 16.8 Å². The summed E-state index contributed by atoms with van der Waals surface area (Å²) in [5.41, 5.74) is 3.26. The molecule has 1 N–H and O–H groups in total. The van der Waals surface area contributed by atoms with Crippen LogP contribution in [0.1, 0.15) is 0 Å². The van der Waals surface area contributed by atoms with Crippen molar-refractivity contribution in [1.82, 2.24) is 24.4 Å². The SMILES string of the molecule is COc1cc(-c2cc(=O)n3ncc(-c4ccn(C)n4)c3[nH]2)ccc1Cl. The first-order chi connectivity index (χ1) is 12.1. The molecule has 0 aliphatic carbocycles.